The zero-order valence-corrected chi connectivity index (χ0v) is 32.5. The average Bonchev–Trinajstić information content (AvgIpc) is 3.89. The second-order valence-corrected chi connectivity index (χ2v) is 15.6. The molecule has 9 rings (SSSR count). The molecule has 6 aromatic carbocycles. The van der Waals surface area contributed by atoms with Crippen LogP contribution >= 0.6 is 0 Å². The first-order chi connectivity index (χ1) is 26.7. The average molecular weight is 719 g/mol. The van der Waals surface area contributed by atoms with Crippen molar-refractivity contribution in [2.45, 2.75) is 66.7 Å². The van der Waals surface area contributed by atoms with E-state index in [2.05, 4.69) is 169 Å². The van der Waals surface area contributed by atoms with Crippen LogP contribution in [-0.4, -0.2) is 0 Å². The first-order valence-corrected chi connectivity index (χ1v) is 19.4. The molecule has 0 bridgehead atoms. The minimum atomic E-state index is -0.0239. The quantitative estimate of drug-likeness (QED) is 0.139. The lowest BCUT2D eigenvalue weighted by Crippen LogP contribution is -2.09. The number of benzene rings is 6. The van der Waals surface area contributed by atoms with Gasteiger partial charge >= 0.3 is 0 Å². The van der Waals surface area contributed by atoms with Crippen molar-refractivity contribution in [2.24, 2.45) is 0 Å². The van der Waals surface area contributed by atoms with Gasteiger partial charge in [-0.1, -0.05) is 109 Å². The first kappa shape index (κ1) is 34.7. The fraction of sp³-hybridized carbons (Fsp3) is 0.192. The zero-order chi connectivity index (χ0) is 37.8. The lowest BCUT2D eigenvalue weighted by atomic mass is 9.81. The van der Waals surface area contributed by atoms with Crippen LogP contribution < -0.4 is 14.2 Å². The molecule has 0 spiro atoms. The third kappa shape index (κ3) is 6.69. The van der Waals surface area contributed by atoms with E-state index in [1.54, 1.807) is 0 Å². The van der Waals surface area contributed by atoms with E-state index >= 15 is 0 Å². The fourth-order valence-corrected chi connectivity index (χ4v) is 8.85. The van der Waals surface area contributed by atoms with E-state index in [9.17, 15) is 0 Å². The normalized spacial score (nSPS) is 13.9. The molecule has 0 aromatic heterocycles. The molecule has 0 N–H and O–H groups in total. The van der Waals surface area contributed by atoms with Gasteiger partial charge < -0.3 is 14.2 Å². The predicted molar refractivity (Wildman–Crippen MR) is 225 cm³/mol. The van der Waals surface area contributed by atoms with Gasteiger partial charge in [0.2, 0.25) is 0 Å². The lowest BCUT2D eigenvalue weighted by Gasteiger charge is -2.25. The summed E-state index contributed by atoms with van der Waals surface area (Å²) in [5.41, 5.74) is 18.1. The van der Waals surface area contributed by atoms with Crippen LogP contribution in [0, 0.1) is 41.5 Å². The molecule has 0 saturated carbocycles. The number of fused-ring (bicyclic) bond motifs is 3. The molecule has 0 aliphatic heterocycles. The summed E-state index contributed by atoms with van der Waals surface area (Å²) in [7, 11) is 0. The first-order valence-electron chi connectivity index (χ1n) is 19.4. The lowest BCUT2D eigenvalue weighted by molar-refractivity contribution is 0.415. The Labute approximate surface area is 325 Å². The van der Waals surface area contributed by atoms with E-state index in [-0.39, 0.29) is 5.92 Å². The highest BCUT2D eigenvalue weighted by atomic mass is 16.5. The summed E-state index contributed by atoms with van der Waals surface area (Å²) in [6, 6.07) is 39.5. The van der Waals surface area contributed by atoms with Gasteiger partial charge in [-0.15, -0.1) is 0 Å². The Kier molecular flexibility index (Phi) is 8.81. The van der Waals surface area contributed by atoms with Crippen LogP contribution in [0.25, 0.3) is 18.2 Å². The summed E-state index contributed by atoms with van der Waals surface area (Å²) in [5.74, 6) is 5.74. The molecule has 0 fully saturated rings. The summed E-state index contributed by atoms with van der Waals surface area (Å²) in [6.07, 6.45) is 8.96. The van der Waals surface area contributed by atoms with Crippen molar-refractivity contribution < 1.29 is 14.2 Å². The number of rotatable bonds is 9. The highest BCUT2D eigenvalue weighted by Crippen LogP contribution is 2.43. The maximum Gasteiger partial charge on any atom is 0.132 e. The maximum atomic E-state index is 6.66. The molecule has 3 heteroatoms. The van der Waals surface area contributed by atoms with Crippen molar-refractivity contribution in [2.75, 3.05) is 0 Å². The largest absolute Gasteiger partial charge is 0.461 e. The second kappa shape index (κ2) is 14.0. The summed E-state index contributed by atoms with van der Waals surface area (Å²) in [5, 5.41) is 0. The highest BCUT2D eigenvalue weighted by molar-refractivity contribution is 5.66. The highest BCUT2D eigenvalue weighted by Gasteiger charge is 2.25. The van der Waals surface area contributed by atoms with E-state index in [4.69, 9.17) is 14.2 Å². The van der Waals surface area contributed by atoms with E-state index < -0.39 is 0 Å². The molecular formula is C52H46O3. The van der Waals surface area contributed by atoms with Crippen LogP contribution in [0.5, 0.6) is 17.2 Å². The number of ether oxygens (including phenoxy) is 3. The van der Waals surface area contributed by atoms with Gasteiger partial charge in [0.15, 0.2) is 0 Å². The summed E-state index contributed by atoms with van der Waals surface area (Å²) >= 11 is 0. The van der Waals surface area contributed by atoms with Crippen LogP contribution in [0.1, 0.15) is 89.4 Å². The number of hydrogen-bond acceptors (Lipinski definition) is 3. The van der Waals surface area contributed by atoms with Crippen molar-refractivity contribution in [3.63, 3.8) is 0 Å². The monoisotopic (exact) mass is 718 g/mol. The third-order valence-electron chi connectivity index (χ3n) is 11.4. The Morgan fingerprint density at radius 1 is 0.364 bits per heavy atom. The molecule has 0 amide bonds. The topological polar surface area (TPSA) is 27.7 Å². The van der Waals surface area contributed by atoms with E-state index in [1.807, 2.05) is 0 Å². The van der Waals surface area contributed by atoms with Gasteiger partial charge in [-0.2, -0.15) is 0 Å². The minimum absolute atomic E-state index is 0.0239. The van der Waals surface area contributed by atoms with Crippen LogP contribution in [0.15, 0.2) is 126 Å². The van der Waals surface area contributed by atoms with Gasteiger partial charge in [-0.3, -0.25) is 0 Å². The molecule has 0 heterocycles. The molecule has 0 atom stereocenters. The Hall–Kier alpha value is -6.06. The molecule has 55 heavy (non-hydrogen) atoms. The molecule has 6 aromatic rings. The zero-order valence-electron chi connectivity index (χ0n) is 32.5. The standard InChI is InChI=1S/C52H46O3/c1-31-19-43(20-32(2)50(31)53-46-25-37-13-7-8-14-38(37)26-46)49(44-21-33(3)51(34(4)22-44)54-47-27-39-15-9-10-16-40(39)28-47)45-23-35(5)52(36(6)24-45)55-48-29-41-17-11-12-18-42(41)30-48/h7-25,27,29,49H,26,28,30H2,1-6H3. The van der Waals surface area contributed by atoms with Gasteiger partial charge in [-0.25, -0.2) is 0 Å². The Morgan fingerprint density at radius 3 is 0.873 bits per heavy atom. The SMILES string of the molecule is Cc1cc(C(c2cc(C)c(OC3=Cc4ccccc4C3)c(C)c2)c2cc(C)c(OC3=Cc4ccccc4C3)c(C)c2)cc(C)c1OC1=Cc2ccccc2C1. The summed E-state index contributed by atoms with van der Waals surface area (Å²) < 4.78 is 20.0. The van der Waals surface area contributed by atoms with Gasteiger partial charge in [0.25, 0.3) is 0 Å². The Balaban J connectivity index is 1.08. The van der Waals surface area contributed by atoms with Gasteiger partial charge in [0.1, 0.15) is 34.5 Å². The predicted octanol–water partition coefficient (Wildman–Crippen LogP) is 12.6. The van der Waals surface area contributed by atoms with Crippen molar-refractivity contribution >= 4 is 18.2 Å². The molecular weight excluding hydrogens is 673 g/mol. The summed E-state index contributed by atoms with van der Waals surface area (Å²) in [6.45, 7) is 13.0. The van der Waals surface area contributed by atoms with Crippen LogP contribution in [-0.2, 0) is 19.3 Å². The molecule has 3 aliphatic carbocycles. The van der Waals surface area contributed by atoms with Crippen LogP contribution in [0.4, 0.5) is 0 Å². The van der Waals surface area contributed by atoms with E-state index in [1.165, 1.54) is 50.1 Å². The number of allylic oxidation sites excluding steroid dienone is 3. The second-order valence-electron chi connectivity index (χ2n) is 15.6. The third-order valence-corrected chi connectivity index (χ3v) is 11.4. The van der Waals surface area contributed by atoms with Crippen molar-refractivity contribution in [3.8, 4) is 17.2 Å². The van der Waals surface area contributed by atoms with E-state index in [0.29, 0.717) is 0 Å². The van der Waals surface area contributed by atoms with E-state index in [0.717, 1.165) is 87.2 Å². The molecule has 0 saturated heterocycles. The number of hydrogen-bond donors (Lipinski definition) is 0. The van der Waals surface area contributed by atoms with Crippen LogP contribution in [0.3, 0.4) is 0 Å². The minimum Gasteiger partial charge on any atom is -0.461 e. The van der Waals surface area contributed by atoms with Crippen LogP contribution in [0.2, 0.25) is 0 Å². The smallest absolute Gasteiger partial charge is 0.132 e. The van der Waals surface area contributed by atoms with Crippen molar-refractivity contribution in [3.05, 3.63) is 210 Å². The molecule has 272 valence electrons. The molecule has 3 nitrogen and oxygen atoms in total. The maximum absolute atomic E-state index is 6.66. The Morgan fingerprint density at radius 2 is 0.618 bits per heavy atom. The molecule has 3 aliphatic rings. The molecule has 0 radical (unpaired) electrons. The van der Waals surface area contributed by atoms with Crippen molar-refractivity contribution in [1.29, 1.82) is 0 Å². The van der Waals surface area contributed by atoms with Gasteiger partial charge in [0, 0.05) is 25.2 Å². The van der Waals surface area contributed by atoms with Crippen molar-refractivity contribution in [1.82, 2.24) is 0 Å². The number of aryl methyl sites for hydroxylation is 6. The van der Waals surface area contributed by atoms with Gasteiger partial charge in [0.05, 0.1) is 0 Å². The van der Waals surface area contributed by atoms with Gasteiger partial charge in [-0.05, 0) is 143 Å². The Bertz CT molecular complexity index is 2260. The fourth-order valence-electron chi connectivity index (χ4n) is 8.85. The summed E-state index contributed by atoms with van der Waals surface area (Å²) in [4.78, 5) is 0. The molecule has 0 unspecified atom stereocenters.